The molecule has 0 bridgehead atoms. The summed E-state index contributed by atoms with van der Waals surface area (Å²) in [5.74, 6) is 0.458. The van der Waals surface area contributed by atoms with Crippen molar-refractivity contribution in [3.63, 3.8) is 0 Å². The second-order valence-corrected chi connectivity index (χ2v) is 9.11. The van der Waals surface area contributed by atoms with E-state index in [1.54, 1.807) is 0 Å². The lowest BCUT2D eigenvalue weighted by atomic mass is 9.94. The number of carbonyl (C=O) groups is 1. The maximum Gasteiger partial charge on any atom is 0.258 e. The molecule has 0 aliphatic carbocycles. The molecular weight excluding hydrogens is 418 g/mol. The molecule has 3 aromatic carbocycles. The summed E-state index contributed by atoms with van der Waals surface area (Å²) in [6, 6.07) is 30.4. The van der Waals surface area contributed by atoms with E-state index in [1.165, 1.54) is 0 Å². The van der Waals surface area contributed by atoms with Crippen molar-refractivity contribution in [2.45, 2.75) is 39.7 Å². The molecule has 0 aliphatic rings. The number of para-hydroxylation sites is 1. The smallest absolute Gasteiger partial charge is 0.258 e. The minimum Gasteiger partial charge on any atom is -0.335 e. The molecule has 34 heavy (non-hydrogen) atoms. The third-order valence-corrected chi connectivity index (χ3v) is 6.24. The molecule has 4 nitrogen and oxygen atoms in total. The Labute approximate surface area is 202 Å². The normalized spacial score (nSPS) is 12.0. The van der Waals surface area contributed by atoms with Crippen LogP contribution in [-0.4, -0.2) is 27.6 Å². The van der Waals surface area contributed by atoms with Crippen LogP contribution in [0.3, 0.4) is 0 Å². The van der Waals surface area contributed by atoms with E-state index in [0.717, 1.165) is 34.6 Å². The average Bonchev–Trinajstić information content (AvgIpc) is 3.27. The summed E-state index contributed by atoms with van der Waals surface area (Å²) in [4.78, 5) is 16.1. The van der Waals surface area contributed by atoms with Gasteiger partial charge in [-0.25, -0.2) is 4.68 Å². The Morgan fingerprint density at radius 1 is 0.882 bits per heavy atom. The number of carbonyl (C=O) groups excluding carboxylic acids is 1. The summed E-state index contributed by atoms with van der Waals surface area (Å²) in [6.07, 6.45) is 1.59. The maximum atomic E-state index is 14.2. The van der Waals surface area contributed by atoms with Crippen molar-refractivity contribution in [2.75, 3.05) is 7.05 Å². The minimum atomic E-state index is -0.0119. The lowest BCUT2D eigenvalue weighted by Crippen LogP contribution is -2.33. The third-order valence-electron chi connectivity index (χ3n) is 6.24. The van der Waals surface area contributed by atoms with E-state index in [-0.39, 0.29) is 11.9 Å². The monoisotopic (exact) mass is 451 g/mol. The molecule has 0 spiro atoms. The zero-order chi connectivity index (χ0) is 24.1. The van der Waals surface area contributed by atoms with Crippen molar-refractivity contribution in [2.24, 2.45) is 5.92 Å². The van der Waals surface area contributed by atoms with Crippen molar-refractivity contribution < 1.29 is 4.79 Å². The van der Waals surface area contributed by atoms with Gasteiger partial charge in [-0.3, -0.25) is 4.79 Å². The number of hydrogen-bond donors (Lipinski definition) is 0. The van der Waals surface area contributed by atoms with Crippen LogP contribution < -0.4 is 0 Å². The molecule has 1 aromatic heterocycles. The van der Waals surface area contributed by atoms with E-state index >= 15 is 0 Å². The molecule has 0 radical (unpaired) electrons. The first-order valence-electron chi connectivity index (χ1n) is 12.1. The standard InChI is InChI=1S/C30H33N3O/c1-5-26-28(30(34)32(4)27(21-22(2)3)23-15-9-6-10-16-23)29(24-17-11-7-12-18-24)31-33(26)25-19-13-8-14-20-25/h6-20,22,27H,5,21H2,1-4H3. The molecule has 1 atom stereocenters. The Hall–Kier alpha value is -3.66. The second-order valence-electron chi connectivity index (χ2n) is 9.11. The Bertz CT molecular complexity index is 1210. The molecule has 0 N–H and O–H groups in total. The van der Waals surface area contributed by atoms with Gasteiger partial charge < -0.3 is 4.90 Å². The van der Waals surface area contributed by atoms with Gasteiger partial charge in [0.05, 0.1) is 23.0 Å². The molecule has 0 saturated heterocycles. The van der Waals surface area contributed by atoms with Crippen molar-refractivity contribution in [3.8, 4) is 16.9 Å². The summed E-state index contributed by atoms with van der Waals surface area (Å²) < 4.78 is 1.93. The summed E-state index contributed by atoms with van der Waals surface area (Å²) in [6.45, 7) is 6.49. The van der Waals surface area contributed by atoms with Crippen LogP contribution in [0.4, 0.5) is 0 Å². The first-order chi connectivity index (χ1) is 16.5. The van der Waals surface area contributed by atoms with E-state index < -0.39 is 0 Å². The van der Waals surface area contributed by atoms with Crippen LogP contribution in [0.1, 0.15) is 54.8 Å². The zero-order valence-electron chi connectivity index (χ0n) is 20.5. The van der Waals surface area contributed by atoms with E-state index in [9.17, 15) is 4.79 Å². The predicted molar refractivity (Wildman–Crippen MR) is 139 cm³/mol. The van der Waals surface area contributed by atoms with Crippen LogP contribution in [0.5, 0.6) is 0 Å². The van der Waals surface area contributed by atoms with Gasteiger partial charge >= 0.3 is 0 Å². The number of aromatic nitrogens is 2. The van der Waals surface area contributed by atoms with Crippen molar-refractivity contribution in [1.82, 2.24) is 14.7 Å². The molecule has 0 saturated carbocycles. The summed E-state index contributed by atoms with van der Waals surface area (Å²) in [7, 11) is 1.93. The lowest BCUT2D eigenvalue weighted by Gasteiger charge is -2.30. The summed E-state index contributed by atoms with van der Waals surface area (Å²) in [5, 5.41) is 4.99. The van der Waals surface area contributed by atoms with E-state index in [4.69, 9.17) is 5.10 Å². The van der Waals surface area contributed by atoms with E-state index in [0.29, 0.717) is 17.9 Å². The fourth-order valence-corrected chi connectivity index (χ4v) is 4.54. The Morgan fingerprint density at radius 3 is 2.00 bits per heavy atom. The quantitative estimate of drug-likeness (QED) is 0.290. The Balaban J connectivity index is 1.86. The fourth-order valence-electron chi connectivity index (χ4n) is 4.54. The fraction of sp³-hybridized carbons (Fsp3) is 0.267. The molecule has 4 rings (SSSR count). The minimum absolute atomic E-state index is 0.00684. The highest BCUT2D eigenvalue weighted by Gasteiger charge is 2.30. The van der Waals surface area contributed by atoms with Gasteiger partial charge in [0.1, 0.15) is 5.69 Å². The molecule has 4 aromatic rings. The van der Waals surface area contributed by atoms with Crippen LogP contribution in [0.2, 0.25) is 0 Å². The number of hydrogen-bond acceptors (Lipinski definition) is 2. The van der Waals surface area contributed by atoms with Gasteiger partial charge in [-0.2, -0.15) is 5.10 Å². The molecule has 0 fully saturated rings. The Morgan fingerprint density at radius 2 is 1.44 bits per heavy atom. The van der Waals surface area contributed by atoms with Crippen molar-refractivity contribution in [1.29, 1.82) is 0 Å². The van der Waals surface area contributed by atoms with Crippen LogP contribution in [-0.2, 0) is 6.42 Å². The topological polar surface area (TPSA) is 38.1 Å². The third kappa shape index (κ3) is 4.81. The van der Waals surface area contributed by atoms with Gasteiger partial charge in [-0.05, 0) is 36.5 Å². The van der Waals surface area contributed by atoms with Gasteiger partial charge in [0.15, 0.2) is 0 Å². The largest absolute Gasteiger partial charge is 0.335 e. The number of rotatable bonds is 8. The van der Waals surface area contributed by atoms with Gasteiger partial charge in [-0.1, -0.05) is 99.6 Å². The van der Waals surface area contributed by atoms with Crippen LogP contribution in [0.25, 0.3) is 16.9 Å². The average molecular weight is 452 g/mol. The number of nitrogens with zero attached hydrogens (tertiary/aromatic N) is 3. The predicted octanol–water partition coefficient (Wildman–Crippen LogP) is 6.96. The Kier molecular flexibility index (Phi) is 7.27. The van der Waals surface area contributed by atoms with Crippen molar-refractivity contribution >= 4 is 5.91 Å². The lowest BCUT2D eigenvalue weighted by molar-refractivity contribution is 0.0711. The molecule has 1 amide bonds. The molecular formula is C30H33N3O. The SMILES string of the molecule is CCc1c(C(=O)N(C)C(CC(C)C)c2ccccc2)c(-c2ccccc2)nn1-c1ccccc1. The highest BCUT2D eigenvalue weighted by atomic mass is 16.2. The summed E-state index contributed by atoms with van der Waals surface area (Å²) in [5.41, 5.74) is 5.41. The second kappa shape index (κ2) is 10.5. The molecule has 4 heteroatoms. The highest BCUT2D eigenvalue weighted by Crippen LogP contribution is 2.33. The van der Waals surface area contributed by atoms with E-state index in [1.807, 2.05) is 95.5 Å². The van der Waals surface area contributed by atoms with Crippen LogP contribution >= 0.6 is 0 Å². The van der Waals surface area contributed by atoms with Gasteiger partial charge in [-0.15, -0.1) is 0 Å². The number of benzene rings is 3. The van der Waals surface area contributed by atoms with Gasteiger partial charge in [0, 0.05) is 12.6 Å². The maximum absolute atomic E-state index is 14.2. The number of amides is 1. The van der Waals surface area contributed by atoms with Gasteiger partial charge in [0.2, 0.25) is 0 Å². The molecule has 1 heterocycles. The first-order valence-corrected chi connectivity index (χ1v) is 12.1. The van der Waals surface area contributed by atoms with Crippen molar-refractivity contribution in [3.05, 3.63) is 108 Å². The van der Waals surface area contributed by atoms with Crippen LogP contribution in [0.15, 0.2) is 91.0 Å². The van der Waals surface area contributed by atoms with Crippen LogP contribution in [0, 0.1) is 5.92 Å². The van der Waals surface area contributed by atoms with E-state index in [2.05, 4.69) is 32.9 Å². The summed E-state index contributed by atoms with van der Waals surface area (Å²) >= 11 is 0. The zero-order valence-corrected chi connectivity index (χ0v) is 20.5. The van der Waals surface area contributed by atoms with Gasteiger partial charge in [0.25, 0.3) is 5.91 Å². The first kappa shape index (κ1) is 23.5. The molecule has 174 valence electrons. The molecule has 0 aliphatic heterocycles. The highest BCUT2D eigenvalue weighted by molar-refractivity contribution is 6.01. The molecule has 1 unspecified atom stereocenters.